The van der Waals surface area contributed by atoms with Crippen molar-refractivity contribution in [3.05, 3.63) is 24.5 Å². The second-order valence-corrected chi connectivity index (χ2v) is 7.93. The molecule has 0 radical (unpaired) electrons. The molecule has 1 aromatic heterocycles. The summed E-state index contributed by atoms with van der Waals surface area (Å²) in [6, 6.07) is 3.94. The van der Waals surface area contributed by atoms with Crippen molar-refractivity contribution in [1.82, 2.24) is 9.55 Å². The standard InChI is InChI=1S/C11H14N2O6S2.Na.H/c1-8(20(14,15)16)4-5-13-7-12-10-6-9(21(17,18)19)2-3-11(10)13;;/h2-3,6-8H,4-5H2,1H3,(H,14,15,16)(H,17,18,19);;. The minimum absolute atomic E-state index is 0. The molecule has 0 spiro atoms. The van der Waals surface area contributed by atoms with Gasteiger partial charge in [0.25, 0.3) is 20.2 Å². The molecule has 0 saturated heterocycles. The van der Waals surface area contributed by atoms with Crippen LogP contribution < -0.4 is 0 Å². The van der Waals surface area contributed by atoms with Crippen LogP contribution in [0.25, 0.3) is 11.0 Å². The molecule has 0 aliphatic heterocycles. The molecule has 1 unspecified atom stereocenters. The van der Waals surface area contributed by atoms with Gasteiger partial charge in [-0.2, -0.15) is 16.8 Å². The quantitative estimate of drug-likeness (QED) is 0.581. The SMILES string of the molecule is CC(CCn1cnc2cc(S(=O)(=O)O)ccc21)S(=O)(=O)O.[NaH]. The first-order valence-corrected chi connectivity index (χ1v) is 8.92. The predicted octanol–water partition coefficient (Wildman–Crippen LogP) is 0.301. The average molecular weight is 358 g/mol. The van der Waals surface area contributed by atoms with E-state index in [-0.39, 0.29) is 40.9 Å². The molecule has 1 heterocycles. The third kappa shape index (κ3) is 4.51. The fraction of sp³-hybridized carbons (Fsp3) is 0.364. The third-order valence-electron chi connectivity index (χ3n) is 3.18. The molecule has 118 valence electrons. The van der Waals surface area contributed by atoms with Crippen molar-refractivity contribution in [2.75, 3.05) is 0 Å². The van der Waals surface area contributed by atoms with Crippen molar-refractivity contribution in [3.8, 4) is 0 Å². The van der Waals surface area contributed by atoms with E-state index in [0.29, 0.717) is 17.6 Å². The van der Waals surface area contributed by atoms with Crippen LogP contribution in [-0.4, -0.2) is 70.3 Å². The van der Waals surface area contributed by atoms with E-state index >= 15 is 0 Å². The van der Waals surface area contributed by atoms with Gasteiger partial charge in [-0.25, -0.2) is 4.98 Å². The molecule has 22 heavy (non-hydrogen) atoms. The van der Waals surface area contributed by atoms with Crippen LogP contribution in [0, 0.1) is 0 Å². The zero-order valence-electron chi connectivity index (χ0n) is 11.0. The van der Waals surface area contributed by atoms with Gasteiger partial charge >= 0.3 is 29.6 Å². The van der Waals surface area contributed by atoms with Crippen molar-refractivity contribution in [1.29, 1.82) is 0 Å². The summed E-state index contributed by atoms with van der Waals surface area (Å²) >= 11 is 0. The molecule has 2 rings (SSSR count). The van der Waals surface area contributed by atoms with E-state index in [4.69, 9.17) is 9.11 Å². The number of hydrogen-bond donors (Lipinski definition) is 2. The van der Waals surface area contributed by atoms with Crippen LogP contribution in [0.5, 0.6) is 0 Å². The first kappa shape index (κ1) is 19.6. The van der Waals surface area contributed by atoms with E-state index in [0.717, 1.165) is 0 Å². The molecule has 2 aromatic rings. The summed E-state index contributed by atoms with van der Waals surface area (Å²) < 4.78 is 63.5. The number of aromatic nitrogens is 2. The summed E-state index contributed by atoms with van der Waals surface area (Å²) in [6.07, 6.45) is 1.62. The molecule has 0 saturated carbocycles. The van der Waals surface area contributed by atoms with Crippen LogP contribution in [0.4, 0.5) is 0 Å². The molecule has 0 fully saturated rings. The molecule has 2 N–H and O–H groups in total. The molecule has 11 heteroatoms. The van der Waals surface area contributed by atoms with E-state index in [1.165, 1.54) is 31.5 Å². The van der Waals surface area contributed by atoms with Gasteiger partial charge in [0.05, 0.1) is 27.5 Å². The van der Waals surface area contributed by atoms with Crippen molar-refractivity contribution in [3.63, 3.8) is 0 Å². The number of rotatable bonds is 5. The predicted molar refractivity (Wildman–Crippen MR) is 82.3 cm³/mol. The Hall–Kier alpha value is -0.490. The third-order valence-corrected chi connectivity index (χ3v) is 5.28. The summed E-state index contributed by atoms with van der Waals surface area (Å²) in [5.41, 5.74) is 0.967. The first-order valence-electron chi connectivity index (χ1n) is 5.98. The van der Waals surface area contributed by atoms with Crippen LogP contribution in [0.15, 0.2) is 29.4 Å². The Balaban J connectivity index is 0.00000242. The van der Waals surface area contributed by atoms with Crippen molar-refractivity contribution >= 4 is 60.8 Å². The minimum atomic E-state index is -4.29. The summed E-state index contributed by atoms with van der Waals surface area (Å²) in [5.74, 6) is 0. The number of aryl methyl sites for hydroxylation is 1. The van der Waals surface area contributed by atoms with Crippen LogP contribution in [0.2, 0.25) is 0 Å². The van der Waals surface area contributed by atoms with Crippen molar-refractivity contribution < 1.29 is 25.9 Å². The summed E-state index contributed by atoms with van der Waals surface area (Å²) in [6.45, 7) is 1.69. The number of nitrogens with zero attached hydrogens (tertiary/aromatic N) is 2. The number of hydrogen-bond acceptors (Lipinski definition) is 5. The molecule has 0 amide bonds. The van der Waals surface area contributed by atoms with Gasteiger partial charge in [-0.05, 0) is 31.5 Å². The van der Waals surface area contributed by atoms with Gasteiger partial charge in [-0.3, -0.25) is 9.11 Å². The van der Waals surface area contributed by atoms with E-state index in [2.05, 4.69) is 4.98 Å². The normalized spacial score (nSPS) is 13.8. The van der Waals surface area contributed by atoms with Gasteiger partial charge in [0, 0.05) is 6.54 Å². The Morgan fingerprint density at radius 2 is 1.86 bits per heavy atom. The van der Waals surface area contributed by atoms with Gasteiger partial charge in [-0.15, -0.1) is 0 Å². The molecule has 1 atom stereocenters. The van der Waals surface area contributed by atoms with E-state index < -0.39 is 25.5 Å². The summed E-state index contributed by atoms with van der Waals surface area (Å²) in [4.78, 5) is 3.75. The van der Waals surface area contributed by atoms with E-state index in [1.807, 2.05) is 0 Å². The van der Waals surface area contributed by atoms with Crippen molar-refractivity contribution in [2.45, 2.75) is 30.0 Å². The molecule has 0 aliphatic rings. The maximum atomic E-state index is 11.0. The van der Waals surface area contributed by atoms with Crippen LogP contribution in [-0.2, 0) is 26.8 Å². The zero-order chi connectivity index (χ0) is 15.8. The van der Waals surface area contributed by atoms with Crippen molar-refractivity contribution in [2.24, 2.45) is 0 Å². The molecule has 8 nitrogen and oxygen atoms in total. The number of imidazole rings is 1. The summed E-state index contributed by atoms with van der Waals surface area (Å²) in [5, 5.41) is -0.910. The Labute approximate surface area is 150 Å². The van der Waals surface area contributed by atoms with Gasteiger partial charge in [0.1, 0.15) is 0 Å². The number of fused-ring (bicyclic) bond motifs is 1. The van der Waals surface area contributed by atoms with Crippen LogP contribution >= 0.6 is 0 Å². The van der Waals surface area contributed by atoms with Crippen LogP contribution in [0.1, 0.15) is 13.3 Å². The molecular weight excluding hydrogens is 343 g/mol. The zero-order valence-corrected chi connectivity index (χ0v) is 12.7. The second-order valence-electron chi connectivity index (χ2n) is 4.68. The van der Waals surface area contributed by atoms with Gasteiger partial charge < -0.3 is 4.57 Å². The fourth-order valence-electron chi connectivity index (χ4n) is 1.85. The average Bonchev–Trinajstić information content (AvgIpc) is 2.76. The number of benzene rings is 1. The molecule has 0 aliphatic carbocycles. The molecule has 1 aromatic carbocycles. The fourth-order valence-corrected chi connectivity index (χ4v) is 2.76. The summed E-state index contributed by atoms with van der Waals surface area (Å²) in [7, 11) is -8.37. The maximum absolute atomic E-state index is 11.0. The van der Waals surface area contributed by atoms with Crippen LogP contribution in [0.3, 0.4) is 0 Å². The Morgan fingerprint density at radius 1 is 1.23 bits per heavy atom. The van der Waals surface area contributed by atoms with Gasteiger partial charge in [0.2, 0.25) is 0 Å². The Bertz CT molecular complexity index is 875. The Kier molecular flexibility index (Phi) is 6.18. The first-order chi connectivity index (χ1) is 9.59. The Morgan fingerprint density at radius 3 is 2.41 bits per heavy atom. The van der Waals surface area contributed by atoms with E-state index in [1.54, 1.807) is 4.57 Å². The molecular formula is C11H15N2NaO6S2. The monoisotopic (exact) mass is 358 g/mol. The van der Waals surface area contributed by atoms with E-state index in [9.17, 15) is 16.8 Å². The molecule has 0 bridgehead atoms. The van der Waals surface area contributed by atoms with Gasteiger partial charge in [-0.1, -0.05) is 0 Å². The second kappa shape index (κ2) is 6.95. The van der Waals surface area contributed by atoms with Gasteiger partial charge in [0.15, 0.2) is 0 Å². The topological polar surface area (TPSA) is 127 Å².